The molecule has 0 spiro atoms. The van der Waals surface area contributed by atoms with Crippen LogP contribution in [0.2, 0.25) is 0 Å². The molecule has 0 aliphatic carbocycles. The van der Waals surface area contributed by atoms with Crippen LogP contribution in [-0.4, -0.2) is 50.2 Å². The number of unbranched alkanes of at least 4 members (excludes halogenated alkanes) is 2. The molecule has 0 bridgehead atoms. The predicted molar refractivity (Wildman–Crippen MR) is 148 cm³/mol. The molecular weight excluding hydrogens is 502 g/mol. The minimum atomic E-state index is -0.724. The first kappa shape index (κ1) is 34.1. The summed E-state index contributed by atoms with van der Waals surface area (Å²) in [6.07, 6.45) is 5.21. The van der Waals surface area contributed by atoms with Crippen molar-refractivity contribution < 1.29 is 38.1 Å². The van der Waals surface area contributed by atoms with Crippen LogP contribution in [0.25, 0.3) is 0 Å². The van der Waals surface area contributed by atoms with E-state index in [0.29, 0.717) is 36.7 Å². The first-order valence-corrected chi connectivity index (χ1v) is 14.1. The van der Waals surface area contributed by atoms with Crippen molar-refractivity contribution in [2.45, 2.75) is 98.4 Å². The van der Waals surface area contributed by atoms with E-state index in [1.807, 2.05) is 27.7 Å². The first-order chi connectivity index (χ1) is 18.5. The van der Waals surface area contributed by atoms with E-state index in [4.69, 9.17) is 18.9 Å². The molecule has 39 heavy (non-hydrogen) atoms. The van der Waals surface area contributed by atoms with Crippen molar-refractivity contribution >= 4 is 23.9 Å². The van der Waals surface area contributed by atoms with Gasteiger partial charge < -0.3 is 24.3 Å². The summed E-state index contributed by atoms with van der Waals surface area (Å²) in [5.74, 6) is -0.615. The molecule has 0 aromatic heterocycles. The minimum absolute atomic E-state index is 0.127. The third kappa shape index (κ3) is 15.3. The highest BCUT2D eigenvalue weighted by Crippen LogP contribution is 2.30. The van der Waals surface area contributed by atoms with Gasteiger partial charge in [-0.05, 0) is 55.2 Å². The van der Waals surface area contributed by atoms with Gasteiger partial charge in [-0.15, -0.1) is 0 Å². The van der Waals surface area contributed by atoms with E-state index < -0.39 is 23.9 Å². The molecule has 1 rings (SSSR count). The molecule has 0 heterocycles. The van der Waals surface area contributed by atoms with E-state index in [2.05, 4.69) is 12.2 Å². The van der Waals surface area contributed by atoms with E-state index in [-0.39, 0.29) is 49.9 Å². The van der Waals surface area contributed by atoms with Gasteiger partial charge in [0.15, 0.2) is 11.5 Å². The third-order valence-electron chi connectivity index (χ3n) is 5.97. The molecule has 0 aliphatic rings. The molecule has 0 amide bonds. The van der Waals surface area contributed by atoms with E-state index in [0.717, 1.165) is 19.3 Å². The number of esters is 4. The molecule has 9 nitrogen and oxygen atoms in total. The molecule has 0 saturated heterocycles. The maximum atomic E-state index is 12.5. The number of hydrogen-bond acceptors (Lipinski definition) is 9. The molecule has 1 aromatic carbocycles. The molecule has 0 fully saturated rings. The molecule has 1 N–H and O–H groups in total. The van der Waals surface area contributed by atoms with Gasteiger partial charge in [0.25, 0.3) is 0 Å². The second-order valence-electron chi connectivity index (χ2n) is 10.5. The number of ether oxygens (including phenoxy) is 4. The van der Waals surface area contributed by atoms with Crippen LogP contribution in [0, 0.1) is 11.8 Å². The van der Waals surface area contributed by atoms with Crippen molar-refractivity contribution in [1.82, 2.24) is 5.32 Å². The van der Waals surface area contributed by atoms with E-state index >= 15 is 0 Å². The molecule has 0 unspecified atom stereocenters. The lowest BCUT2D eigenvalue weighted by Crippen LogP contribution is -2.41. The molecule has 220 valence electrons. The first-order valence-electron chi connectivity index (χ1n) is 14.1. The Morgan fingerprint density at radius 2 is 1.44 bits per heavy atom. The molecular formula is C30H47NO8. The van der Waals surface area contributed by atoms with Crippen LogP contribution in [0.4, 0.5) is 0 Å². The fraction of sp³-hybridized carbons (Fsp3) is 0.667. The van der Waals surface area contributed by atoms with Crippen molar-refractivity contribution in [3.63, 3.8) is 0 Å². The third-order valence-corrected chi connectivity index (χ3v) is 5.97. The monoisotopic (exact) mass is 549 g/mol. The summed E-state index contributed by atoms with van der Waals surface area (Å²) in [6, 6.07) is 4.16. The van der Waals surface area contributed by atoms with Crippen LogP contribution in [0.3, 0.4) is 0 Å². The van der Waals surface area contributed by atoms with Gasteiger partial charge in [0.1, 0.15) is 12.6 Å². The Hall–Kier alpha value is -2.94. The Balaban J connectivity index is 2.93. The van der Waals surface area contributed by atoms with Gasteiger partial charge in [0, 0.05) is 25.8 Å². The van der Waals surface area contributed by atoms with Crippen molar-refractivity contribution in [1.29, 1.82) is 0 Å². The number of methoxy groups -OCH3 is 1. The molecule has 0 saturated carbocycles. The minimum Gasteiger partial charge on any atom is -0.468 e. The lowest BCUT2D eigenvalue weighted by molar-refractivity contribution is -0.144. The topological polar surface area (TPSA) is 117 Å². The molecule has 0 aliphatic heterocycles. The zero-order chi connectivity index (χ0) is 29.2. The van der Waals surface area contributed by atoms with E-state index in [9.17, 15) is 19.2 Å². The summed E-state index contributed by atoms with van der Waals surface area (Å²) in [7, 11) is 1.30. The molecule has 1 aromatic rings. The van der Waals surface area contributed by atoms with Crippen molar-refractivity contribution in [2.24, 2.45) is 11.8 Å². The Labute approximate surface area is 233 Å². The van der Waals surface area contributed by atoms with Crippen molar-refractivity contribution in [3.05, 3.63) is 23.8 Å². The lowest BCUT2D eigenvalue weighted by Gasteiger charge is -2.18. The van der Waals surface area contributed by atoms with Crippen LogP contribution < -0.4 is 14.8 Å². The van der Waals surface area contributed by atoms with Crippen molar-refractivity contribution in [2.75, 3.05) is 20.3 Å². The summed E-state index contributed by atoms with van der Waals surface area (Å²) in [5, 5.41) is 3.06. The smallest absolute Gasteiger partial charge is 0.323 e. The largest absolute Gasteiger partial charge is 0.468 e. The van der Waals surface area contributed by atoms with Gasteiger partial charge in [-0.3, -0.25) is 19.2 Å². The average Bonchev–Trinajstić information content (AvgIpc) is 2.89. The van der Waals surface area contributed by atoms with Gasteiger partial charge in [-0.25, -0.2) is 0 Å². The molecule has 1 atom stereocenters. The number of benzene rings is 1. The quantitative estimate of drug-likeness (QED) is 0.142. The van der Waals surface area contributed by atoms with Crippen LogP contribution in [0.5, 0.6) is 11.5 Å². The SMILES string of the molecule is CCCCCC(=O)OCCN[C@@H](Cc1ccc(OC(=O)CCC(C)C)c(OC(=O)CCC(C)C)c1)C(=O)OC. The second kappa shape index (κ2) is 19.2. The maximum absolute atomic E-state index is 12.5. The van der Waals surface area contributed by atoms with Gasteiger partial charge in [0.05, 0.1) is 7.11 Å². The summed E-state index contributed by atoms with van der Waals surface area (Å²) in [6.45, 7) is 10.5. The Morgan fingerprint density at radius 3 is 2.00 bits per heavy atom. The number of rotatable bonds is 19. The lowest BCUT2D eigenvalue weighted by atomic mass is 10.0. The summed E-state index contributed by atoms with van der Waals surface area (Å²) >= 11 is 0. The number of carbonyl (C=O) groups is 4. The van der Waals surface area contributed by atoms with Crippen molar-refractivity contribution in [3.8, 4) is 11.5 Å². The molecule has 0 radical (unpaired) electrons. The highest BCUT2D eigenvalue weighted by Gasteiger charge is 2.22. The second-order valence-corrected chi connectivity index (χ2v) is 10.5. The number of carbonyl (C=O) groups excluding carboxylic acids is 4. The average molecular weight is 550 g/mol. The van der Waals surface area contributed by atoms with Gasteiger partial charge in [-0.1, -0.05) is 53.5 Å². The highest BCUT2D eigenvalue weighted by molar-refractivity contribution is 5.77. The van der Waals surface area contributed by atoms with Crippen LogP contribution in [0.1, 0.15) is 91.5 Å². The number of nitrogens with one attached hydrogen (secondary N) is 1. The fourth-order valence-electron chi connectivity index (χ4n) is 3.61. The van der Waals surface area contributed by atoms with Gasteiger partial charge in [-0.2, -0.15) is 0 Å². The van der Waals surface area contributed by atoms with E-state index in [1.54, 1.807) is 18.2 Å². The number of hydrogen-bond donors (Lipinski definition) is 1. The summed E-state index contributed by atoms with van der Waals surface area (Å²) in [4.78, 5) is 49.1. The summed E-state index contributed by atoms with van der Waals surface area (Å²) in [5.41, 5.74) is 0.670. The summed E-state index contributed by atoms with van der Waals surface area (Å²) < 4.78 is 21.3. The van der Waals surface area contributed by atoms with Gasteiger partial charge in [0.2, 0.25) is 0 Å². The van der Waals surface area contributed by atoms with E-state index in [1.165, 1.54) is 7.11 Å². The van der Waals surface area contributed by atoms with Crippen LogP contribution >= 0.6 is 0 Å². The maximum Gasteiger partial charge on any atom is 0.323 e. The predicted octanol–water partition coefficient (Wildman–Crippen LogP) is 5.17. The standard InChI is InChI=1S/C30H47NO8/c1-7-8-9-10-27(32)37-18-17-31-24(30(35)36-6)19-23-13-14-25(38-28(33)15-11-21(2)3)26(20-23)39-29(34)16-12-22(4)5/h13-14,20-22,24,31H,7-12,15-19H2,1-6H3/t24-/m0/s1. The fourth-order valence-corrected chi connectivity index (χ4v) is 3.61. The normalized spacial score (nSPS) is 11.8. The highest BCUT2D eigenvalue weighted by atomic mass is 16.6. The zero-order valence-corrected chi connectivity index (χ0v) is 24.5. The van der Waals surface area contributed by atoms with Crippen LogP contribution in [0.15, 0.2) is 18.2 Å². The Bertz CT molecular complexity index is 912. The van der Waals surface area contributed by atoms with Gasteiger partial charge >= 0.3 is 23.9 Å². The Morgan fingerprint density at radius 1 is 0.821 bits per heavy atom. The zero-order valence-electron chi connectivity index (χ0n) is 24.5. The molecule has 9 heteroatoms. The Kier molecular flexibility index (Phi) is 16.8. The van der Waals surface area contributed by atoms with Crippen LogP contribution in [-0.2, 0) is 35.1 Å².